The van der Waals surface area contributed by atoms with E-state index in [1.807, 2.05) is 22.6 Å². The first-order valence-electron chi connectivity index (χ1n) is 5.99. The molecule has 106 valence electrons. The average Bonchev–Trinajstić information content (AvgIpc) is 2.42. The smallest absolute Gasteiger partial charge is 0.337 e. The third-order valence-electron chi connectivity index (χ3n) is 3.17. The molecule has 1 aromatic rings. The molecule has 0 aliphatic heterocycles. The molecule has 0 spiro atoms. The Morgan fingerprint density at radius 1 is 1.35 bits per heavy atom. The minimum Gasteiger partial charge on any atom is -0.465 e. The Morgan fingerprint density at radius 2 is 1.95 bits per heavy atom. The van der Waals surface area contributed by atoms with Crippen molar-refractivity contribution >= 4 is 34.1 Å². The van der Waals surface area contributed by atoms with Crippen LogP contribution in [0.3, 0.4) is 0 Å². The van der Waals surface area contributed by atoms with Crippen LogP contribution in [0.25, 0.3) is 5.57 Å². The van der Waals surface area contributed by atoms with Gasteiger partial charge in [0.05, 0.1) is 12.7 Å². The number of carbonyl (C=O) groups is 1. The molecule has 0 aromatic heterocycles. The lowest BCUT2D eigenvalue weighted by Gasteiger charge is -2.25. The van der Waals surface area contributed by atoms with Crippen molar-refractivity contribution in [2.75, 3.05) is 7.11 Å². The first-order chi connectivity index (χ1) is 9.35. The monoisotopic (exact) mass is 390 g/mol. The Balaban J connectivity index is 2.36. The molecule has 20 heavy (non-hydrogen) atoms. The van der Waals surface area contributed by atoms with Gasteiger partial charge in [-0.3, -0.25) is 0 Å². The van der Waals surface area contributed by atoms with E-state index >= 15 is 0 Å². The maximum atomic E-state index is 14.0. The quantitative estimate of drug-likeness (QED) is 0.545. The van der Waals surface area contributed by atoms with Crippen LogP contribution in [0.5, 0.6) is 0 Å². The number of halogens is 3. The van der Waals surface area contributed by atoms with E-state index in [0.29, 0.717) is 20.3 Å². The first-order valence-corrected chi connectivity index (χ1v) is 7.07. The normalized spacial score (nSPS) is 22.6. The molecule has 1 unspecified atom stereocenters. The van der Waals surface area contributed by atoms with E-state index < -0.39 is 17.5 Å². The van der Waals surface area contributed by atoms with E-state index in [1.165, 1.54) is 20.1 Å². The molecular weight excluding hydrogens is 377 g/mol. The summed E-state index contributed by atoms with van der Waals surface area (Å²) in [7, 11) is 1.30. The van der Waals surface area contributed by atoms with Crippen LogP contribution >= 0.6 is 22.6 Å². The van der Waals surface area contributed by atoms with Crippen molar-refractivity contribution in [3.8, 4) is 0 Å². The van der Waals surface area contributed by atoms with E-state index in [4.69, 9.17) is 0 Å². The Kier molecular flexibility index (Phi) is 4.27. The fourth-order valence-electron chi connectivity index (χ4n) is 1.97. The molecule has 0 saturated carbocycles. The highest BCUT2D eigenvalue weighted by Crippen LogP contribution is 2.42. The number of alkyl halides is 1. The number of hydrogen-bond acceptors (Lipinski definition) is 2. The molecule has 0 fully saturated rings. The standard InChI is InChI=1S/C15H13F2IO2/c1-15(17)8-12(16)11(7-13(15)18)9-3-5-10(6-4-9)14(19)20-2/h3-7H,8H2,1-2H3. The third kappa shape index (κ3) is 2.92. The predicted molar refractivity (Wildman–Crippen MR) is 82.0 cm³/mol. The summed E-state index contributed by atoms with van der Waals surface area (Å²) >= 11 is 1.89. The van der Waals surface area contributed by atoms with Crippen molar-refractivity contribution in [1.82, 2.24) is 0 Å². The fourth-order valence-corrected chi connectivity index (χ4v) is 2.47. The van der Waals surface area contributed by atoms with Gasteiger partial charge in [-0.2, -0.15) is 0 Å². The summed E-state index contributed by atoms with van der Waals surface area (Å²) in [5.74, 6) is -0.933. The van der Waals surface area contributed by atoms with Gasteiger partial charge < -0.3 is 4.74 Å². The number of ether oxygens (including phenoxy) is 1. The fraction of sp³-hybridized carbons (Fsp3) is 0.267. The zero-order valence-electron chi connectivity index (χ0n) is 11.0. The van der Waals surface area contributed by atoms with Gasteiger partial charge in [0.15, 0.2) is 0 Å². The number of methoxy groups -OCH3 is 1. The molecule has 1 aliphatic rings. The van der Waals surface area contributed by atoms with Crippen molar-refractivity contribution < 1.29 is 18.3 Å². The lowest BCUT2D eigenvalue weighted by Crippen LogP contribution is -2.21. The molecule has 0 radical (unpaired) electrons. The van der Waals surface area contributed by atoms with E-state index in [1.54, 1.807) is 24.3 Å². The number of hydrogen-bond donors (Lipinski definition) is 0. The highest BCUT2D eigenvalue weighted by atomic mass is 127. The zero-order chi connectivity index (χ0) is 14.9. The maximum Gasteiger partial charge on any atom is 0.337 e. The van der Waals surface area contributed by atoms with Crippen LogP contribution in [0.15, 0.2) is 39.7 Å². The lowest BCUT2D eigenvalue weighted by molar-refractivity contribution is 0.0600. The highest BCUT2D eigenvalue weighted by Gasteiger charge is 2.33. The largest absolute Gasteiger partial charge is 0.465 e. The molecule has 1 atom stereocenters. The Labute approximate surface area is 129 Å². The Hall–Kier alpha value is -1.24. The third-order valence-corrected chi connectivity index (χ3v) is 4.60. The summed E-state index contributed by atoms with van der Waals surface area (Å²) < 4.78 is 33.1. The second-order valence-electron chi connectivity index (χ2n) is 4.75. The van der Waals surface area contributed by atoms with Crippen LogP contribution in [0.1, 0.15) is 29.3 Å². The number of allylic oxidation sites excluding steroid dienone is 4. The van der Waals surface area contributed by atoms with Crippen molar-refractivity contribution in [3.63, 3.8) is 0 Å². The molecule has 5 heteroatoms. The minimum absolute atomic E-state index is 0.268. The molecule has 2 rings (SSSR count). The predicted octanol–water partition coefficient (Wildman–Crippen LogP) is 4.60. The van der Waals surface area contributed by atoms with Gasteiger partial charge >= 0.3 is 5.97 Å². The van der Waals surface area contributed by atoms with Gasteiger partial charge in [0.2, 0.25) is 0 Å². The summed E-state index contributed by atoms with van der Waals surface area (Å²) in [6, 6.07) is 6.38. The second-order valence-corrected chi connectivity index (χ2v) is 5.92. The van der Waals surface area contributed by atoms with Crippen molar-refractivity contribution in [2.24, 2.45) is 0 Å². The van der Waals surface area contributed by atoms with Gasteiger partial charge in [-0.15, -0.1) is 0 Å². The van der Waals surface area contributed by atoms with Gasteiger partial charge in [-0.05, 0) is 53.3 Å². The first kappa shape index (κ1) is 15.2. The topological polar surface area (TPSA) is 26.3 Å². The molecular formula is C15H13F2IO2. The molecule has 0 saturated heterocycles. The molecule has 0 bridgehead atoms. The summed E-state index contributed by atoms with van der Waals surface area (Å²) in [4.78, 5) is 11.3. The number of carbonyl (C=O) groups excluding carboxylic acids is 1. The van der Waals surface area contributed by atoms with Gasteiger partial charge in [0, 0.05) is 15.6 Å². The van der Waals surface area contributed by atoms with Crippen molar-refractivity contribution in [3.05, 3.63) is 50.9 Å². The van der Waals surface area contributed by atoms with E-state index in [2.05, 4.69) is 4.74 Å². The van der Waals surface area contributed by atoms with Gasteiger partial charge in [0.25, 0.3) is 0 Å². The van der Waals surface area contributed by atoms with Gasteiger partial charge in [-0.25, -0.2) is 13.6 Å². The number of esters is 1. The molecule has 1 aromatic carbocycles. The number of rotatable bonds is 2. The maximum absolute atomic E-state index is 14.0. The SMILES string of the molecule is COC(=O)c1ccc(C2=C(F)CC(C)(F)C(I)=C2)cc1. The molecule has 0 N–H and O–H groups in total. The van der Waals surface area contributed by atoms with Crippen molar-refractivity contribution in [1.29, 1.82) is 0 Å². The number of benzene rings is 1. The highest BCUT2D eigenvalue weighted by molar-refractivity contribution is 14.1. The van der Waals surface area contributed by atoms with Crippen molar-refractivity contribution in [2.45, 2.75) is 19.0 Å². The molecule has 0 heterocycles. The van der Waals surface area contributed by atoms with Gasteiger partial charge in [0.1, 0.15) is 11.5 Å². The molecule has 0 amide bonds. The zero-order valence-corrected chi connectivity index (χ0v) is 13.2. The summed E-state index contributed by atoms with van der Waals surface area (Å²) in [6.45, 7) is 1.36. The van der Waals surface area contributed by atoms with Crippen LogP contribution in [0, 0.1) is 0 Å². The summed E-state index contributed by atoms with van der Waals surface area (Å²) in [5.41, 5.74) is -0.289. The van der Waals surface area contributed by atoms with Crippen LogP contribution < -0.4 is 0 Å². The average molecular weight is 390 g/mol. The van der Waals surface area contributed by atoms with E-state index in [0.717, 1.165) is 0 Å². The Bertz CT molecular complexity index is 601. The lowest BCUT2D eigenvalue weighted by atomic mass is 9.91. The Morgan fingerprint density at radius 3 is 2.50 bits per heavy atom. The van der Waals surface area contributed by atoms with Gasteiger partial charge in [-0.1, -0.05) is 12.1 Å². The van der Waals surface area contributed by atoms with Crippen LogP contribution in [0.2, 0.25) is 0 Å². The molecule has 1 aliphatic carbocycles. The summed E-state index contributed by atoms with van der Waals surface area (Å²) in [5, 5.41) is 0. The molecule has 2 nitrogen and oxygen atoms in total. The van der Waals surface area contributed by atoms with E-state index in [9.17, 15) is 13.6 Å². The van der Waals surface area contributed by atoms with Crippen LogP contribution in [-0.2, 0) is 4.74 Å². The van der Waals surface area contributed by atoms with E-state index in [-0.39, 0.29) is 6.42 Å². The summed E-state index contributed by atoms with van der Waals surface area (Å²) in [6.07, 6.45) is 1.24. The van der Waals surface area contributed by atoms with Crippen LogP contribution in [-0.4, -0.2) is 18.7 Å². The second kappa shape index (κ2) is 5.63. The van der Waals surface area contributed by atoms with Crippen LogP contribution in [0.4, 0.5) is 8.78 Å². The minimum atomic E-state index is -1.65.